The number of ether oxygens (including phenoxy) is 2. The molecule has 4 rings (SSSR count). The summed E-state index contributed by atoms with van der Waals surface area (Å²) >= 11 is 6.11. The van der Waals surface area contributed by atoms with Gasteiger partial charge in [-0.1, -0.05) is 61.2 Å². The van der Waals surface area contributed by atoms with Gasteiger partial charge in [0.1, 0.15) is 12.6 Å². The Kier molecular flexibility index (Phi) is 11.2. The zero-order valence-electron chi connectivity index (χ0n) is 25.6. The number of methoxy groups -OCH3 is 2. The molecule has 2 amide bonds. The minimum atomic E-state index is -4.27. The van der Waals surface area contributed by atoms with Crippen molar-refractivity contribution in [3.05, 3.63) is 82.9 Å². The van der Waals surface area contributed by atoms with Gasteiger partial charge >= 0.3 is 0 Å². The molecule has 0 bridgehead atoms. The smallest absolute Gasteiger partial charge is 0.264 e. The van der Waals surface area contributed by atoms with Crippen LogP contribution in [0.15, 0.2) is 71.6 Å². The molecule has 0 aliphatic heterocycles. The van der Waals surface area contributed by atoms with Crippen molar-refractivity contribution in [2.45, 2.75) is 69.5 Å². The van der Waals surface area contributed by atoms with Gasteiger partial charge in [0.05, 0.1) is 24.8 Å². The van der Waals surface area contributed by atoms with Crippen LogP contribution in [0, 0.1) is 6.92 Å². The van der Waals surface area contributed by atoms with Crippen LogP contribution in [0.3, 0.4) is 0 Å². The van der Waals surface area contributed by atoms with E-state index in [1.165, 1.54) is 37.3 Å². The number of sulfonamides is 1. The Labute approximate surface area is 265 Å². The average Bonchev–Trinajstić information content (AvgIpc) is 3.53. The minimum absolute atomic E-state index is 0.0681. The highest BCUT2D eigenvalue weighted by molar-refractivity contribution is 7.92. The molecule has 0 saturated heterocycles. The number of halogens is 1. The average molecular weight is 642 g/mol. The number of nitrogens with zero attached hydrogens (tertiary/aromatic N) is 2. The van der Waals surface area contributed by atoms with Gasteiger partial charge in [-0.15, -0.1) is 0 Å². The van der Waals surface area contributed by atoms with Crippen molar-refractivity contribution in [2.24, 2.45) is 0 Å². The third-order valence-electron chi connectivity index (χ3n) is 7.90. The van der Waals surface area contributed by atoms with Gasteiger partial charge in [-0.3, -0.25) is 13.9 Å². The highest BCUT2D eigenvalue weighted by Crippen LogP contribution is 2.32. The van der Waals surface area contributed by atoms with Crippen LogP contribution in [0.25, 0.3) is 0 Å². The number of anilines is 1. The molecule has 0 spiro atoms. The second kappa shape index (κ2) is 14.8. The van der Waals surface area contributed by atoms with E-state index in [4.69, 9.17) is 21.1 Å². The fourth-order valence-electron chi connectivity index (χ4n) is 5.42. The van der Waals surface area contributed by atoms with Crippen LogP contribution in [-0.4, -0.2) is 58.0 Å². The molecule has 1 aliphatic carbocycles. The first-order valence-electron chi connectivity index (χ1n) is 14.7. The van der Waals surface area contributed by atoms with E-state index in [0.717, 1.165) is 41.1 Å². The quantitative estimate of drug-likeness (QED) is 0.256. The van der Waals surface area contributed by atoms with Crippen LogP contribution in [0.4, 0.5) is 5.69 Å². The third kappa shape index (κ3) is 7.84. The van der Waals surface area contributed by atoms with Gasteiger partial charge in [0.25, 0.3) is 10.0 Å². The van der Waals surface area contributed by atoms with Crippen molar-refractivity contribution in [1.29, 1.82) is 0 Å². The van der Waals surface area contributed by atoms with Crippen molar-refractivity contribution in [3.63, 3.8) is 0 Å². The molecule has 1 saturated carbocycles. The van der Waals surface area contributed by atoms with Crippen LogP contribution < -0.4 is 19.1 Å². The van der Waals surface area contributed by atoms with E-state index in [1.807, 2.05) is 13.8 Å². The van der Waals surface area contributed by atoms with Gasteiger partial charge in [0.2, 0.25) is 11.8 Å². The van der Waals surface area contributed by atoms with Crippen molar-refractivity contribution < 1.29 is 27.5 Å². The maximum Gasteiger partial charge on any atom is 0.264 e. The fraction of sp³-hybridized carbons (Fsp3) is 0.394. The van der Waals surface area contributed by atoms with Gasteiger partial charge in [0.15, 0.2) is 11.5 Å². The molecule has 1 fully saturated rings. The number of amides is 2. The Morgan fingerprint density at radius 3 is 2.18 bits per heavy atom. The van der Waals surface area contributed by atoms with Crippen LogP contribution in [0.1, 0.15) is 50.2 Å². The summed E-state index contributed by atoms with van der Waals surface area (Å²) in [5.41, 5.74) is 2.01. The zero-order chi connectivity index (χ0) is 31.9. The lowest BCUT2D eigenvalue weighted by Gasteiger charge is -2.34. The van der Waals surface area contributed by atoms with Crippen LogP contribution in [-0.2, 0) is 26.2 Å². The molecule has 0 unspecified atom stereocenters. The van der Waals surface area contributed by atoms with Crippen LogP contribution >= 0.6 is 11.6 Å². The number of hydrogen-bond acceptors (Lipinski definition) is 6. The summed E-state index contributed by atoms with van der Waals surface area (Å²) in [5.74, 6) is -0.148. The summed E-state index contributed by atoms with van der Waals surface area (Å²) in [7, 11) is -1.38. The Morgan fingerprint density at radius 2 is 1.59 bits per heavy atom. The molecule has 3 aromatic rings. The maximum atomic E-state index is 14.3. The summed E-state index contributed by atoms with van der Waals surface area (Å²) in [5, 5.41) is 3.66. The Hall–Kier alpha value is -3.76. The largest absolute Gasteiger partial charge is 0.493 e. The number of carbonyl (C=O) groups is 2. The molecule has 0 heterocycles. The number of benzene rings is 3. The molecule has 44 heavy (non-hydrogen) atoms. The lowest BCUT2D eigenvalue weighted by molar-refractivity contribution is -0.140. The first kappa shape index (κ1) is 33.1. The molecule has 1 N–H and O–H groups in total. The number of nitrogens with one attached hydrogen (secondary N) is 1. The lowest BCUT2D eigenvalue weighted by atomic mass is 10.1. The highest BCUT2D eigenvalue weighted by Gasteiger charge is 2.35. The first-order chi connectivity index (χ1) is 21.1. The number of hydrogen-bond donors (Lipinski definition) is 1. The molecule has 3 aromatic carbocycles. The molecule has 0 aromatic heterocycles. The number of carbonyl (C=O) groups excluding carboxylic acids is 2. The van der Waals surface area contributed by atoms with Gasteiger partial charge in [-0.05, 0) is 68.1 Å². The molecule has 9 nitrogen and oxygen atoms in total. The fourth-order valence-corrected chi connectivity index (χ4v) is 6.97. The normalized spacial score (nSPS) is 14.1. The summed E-state index contributed by atoms with van der Waals surface area (Å²) in [6, 6.07) is 17.5. The van der Waals surface area contributed by atoms with Crippen LogP contribution in [0.5, 0.6) is 11.5 Å². The molecule has 1 aliphatic rings. The van der Waals surface area contributed by atoms with Crippen molar-refractivity contribution in [3.8, 4) is 11.5 Å². The van der Waals surface area contributed by atoms with E-state index in [2.05, 4.69) is 5.32 Å². The molecule has 236 valence electrons. The molecular formula is C33H40ClN3O6S. The first-order valence-corrected chi connectivity index (χ1v) is 16.5. The van der Waals surface area contributed by atoms with Gasteiger partial charge in [0, 0.05) is 23.7 Å². The van der Waals surface area contributed by atoms with Crippen molar-refractivity contribution in [2.75, 3.05) is 25.1 Å². The molecule has 0 radical (unpaired) electrons. The topological polar surface area (TPSA) is 105 Å². The van der Waals surface area contributed by atoms with E-state index in [0.29, 0.717) is 22.9 Å². The predicted octanol–water partition coefficient (Wildman–Crippen LogP) is 5.73. The Morgan fingerprint density at radius 1 is 0.955 bits per heavy atom. The van der Waals surface area contributed by atoms with Crippen LogP contribution in [0.2, 0.25) is 5.02 Å². The van der Waals surface area contributed by atoms with E-state index >= 15 is 0 Å². The van der Waals surface area contributed by atoms with Gasteiger partial charge in [-0.25, -0.2) is 8.42 Å². The summed E-state index contributed by atoms with van der Waals surface area (Å²) in [6.07, 6.45) is 4.25. The molecule has 11 heteroatoms. The van der Waals surface area contributed by atoms with Crippen molar-refractivity contribution >= 4 is 39.1 Å². The third-order valence-corrected chi connectivity index (χ3v) is 9.92. The summed E-state index contributed by atoms with van der Waals surface area (Å²) < 4.78 is 40.1. The monoisotopic (exact) mass is 641 g/mol. The Balaban J connectivity index is 1.73. The van der Waals surface area contributed by atoms with Gasteiger partial charge < -0.3 is 19.7 Å². The van der Waals surface area contributed by atoms with Gasteiger partial charge in [-0.2, -0.15) is 0 Å². The predicted molar refractivity (Wildman–Crippen MR) is 172 cm³/mol. The zero-order valence-corrected chi connectivity index (χ0v) is 27.2. The number of aryl methyl sites for hydroxylation is 1. The highest BCUT2D eigenvalue weighted by atomic mass is 35.5. The Bertz CT molecular complexity index is 1540. The minimum Gasteiger partial charge on any atom is -0.493 e. The van der Waals surface area contributed by atoms with E-state index in [9.17, 15) is 18.0 Å². The summed E-state index contributed by atoms with van der Waals surface area (Å²) in [6.45, 7) is 3.31. The van der Waals surface area contributed by atoms with E-state index in [-0.39, 0.29) is 29.1 Å². The maximum absolute atomic E-state index is 14.3. The number of rotatable bonds is 13. The second-order valence-corrected chi connectivity index (χ2v) is 13.2. The second-order valence-electron chi connectivity index (χ2n) is 10.9. The van der Waals surface area contributed by atoms with Crippen molar-refractivity contribution in [1.82, 2.24) is 10.2 Å². The molecule has 1 atom stereocenters. The standard InChI is InChI=1S/C33H40ClN3O6S/c1-5-29(33(39)35-26-8-6-7-9-26)36(21-24-12-14-25(34)15-13-24)32(38)22-37(27-16-10-23(2)11-17-27)44(40,41)28-18-19-30(42-3)31(20-28)43-4/h10-20,26,29H,5-9,21-22H2,1-4H3,(H,35,39)/t29-/m0/s1. The van der Waals surface area contributed by atoms with E-state index < -0.39 is 28.5 Å². The molecular weight excluding hydrogens is 602 g/mol. The van der Waals surface area contributed by atoms with E-state index in [1.54, 1.807) is 48.5 Å². The SMILES string of the molecule is CC[C@@H](C(=O)NC1CCCC1)N(Cc1ccc(Cl)cc1)C(=O)CN(c1ccc(C)cc1)S(=O)(=O)c1ccc(OC)c(OC)c1. The summed E-state index contributed by atoms with van der Waals surface area (Å²) in [4.78, 5) is 29.3. The lowest BCUT2D eigenvalue weighted by Crippen LogP contribution is -2.53.